The minimum Gasteiger partial charge on any atom is -0.469 e. The van der Waals surface area contributed by atoms with Crippen LogP contribution in [-0.4, -0.2) is 19.2 Å². The SMILES string of the molecule is COC(=O)C1CCC(OCc2ccccc2C)CC1. The Labute approximate surface area is 114 Å². The van der Waals surface area contributed by atoms with Crippen molar-refractivity contribution in [3.8, 4) is 0 Å². The summed E-state index contributed by atoms with van der Waals surface area (Å²) in [6.45, 7) is 2.77. The minimum absolute atomic E-state index is 0.0719. The number of benzene rings is 1. The fourth-order valence-corrected chi connectivity index (χ4v) is 2.61. The van der Waals surface area contributed by atoms with Crippen LogP contribution in [0.25, 0.3) is 0 Å². The maximum Gasteiger partial charge on any atom is 0.308 e. The second-order valence-electron chi connectivity index (χ2n) is 5.23. The Kier molecular flexibility index (Phi) is 4.97. The number of rotatable bonds is 4. The molecule has 0 bridgehead atoms. The van der Waals surface area contributed by atoms with Crippen LogP contribution in [0.1, 0.15) is 36.8 Å². The average molecular weight is 262 g/mol. The van der Waals surface area contributed by atoms with Crippen molar-refractivity contribution >= 4 is 5.97 Å². The number of methoxy groups -OCH3 is 1. The van der Waals surface area contributed by atoms with Gasteiger partial charge in [0.05, 0.1) is 25.7 Å². The molecule has 0 aromatic heterocycles. The Balaban J connectivity index is 1.77. The van der Waals surface area contributed by atoms with Gasteiger partial charge in [0, 0.05) is 0 Å². The Bertz CT molecular complexity index is 420. The lowest BCUT2D eigenvalue weighted by Gasteiger charge is -2.27. The molecular formula is C16H22O3. The second kappa shape index (κ2) is 6.71. The number of hydrogen-bond donors (Lipinski definition) is 0. The number of carbonyl (C=O) groups is 1. The summed E-state index contributed by atoms with van der Waals surface area (Å²) >= 11 is 0. The molecule has 19 heavy (non-hydrogen) atoms. The predicted molar refractivity (Wildman–Crippen MR) is 73.7 cm³/mol. The maximum atomic E-state index is 11.4. The fourth-order valence-electron chi connectivity index (χ4n) is 2.61. The van der Waals surface area contributed by atoms with Crippen molar-refractivity contribution in [1.29, 1.82) is 0 Å². The molecule has 3 nitrogen and oxygen atoms in total. The lowest BCUT2D eigenvalue weighted by atomic mass is 9.87. The fraction of sp³-hybridized carbons (Fsp3) is 0.562. The zero-order valence-corrected chi connectivity index (χ0v) is 11.7. The van der Waals surface area contributed by atoms with E-state index < -0.39 is 0 Å². The third-order valence-electron chi connectivity index (χ3n) is 3.94. The summed E-state index contributed by atoms with van der Waals surface area (Å²) in [5.74, 6) is 0.000616. The monoisotopic (exact) mass is 262 g/mol. The summed E-state index contributed by atoms with van der Waals surface area (Å²) in [6.07, 6.45) is 3.94. The van der Waals surface area contributed by atoms with Gasteiger partial charge in [-0.2, -0.15) is 0 Å². The molecule has 0 saturated heterocycles. The molecule has 1 aliphatic rings. The molecule has 2 rings (SSSR count). The molecule has 3 heteroatoms. The second-order valence-corrected chi connectivity index (χ2v) is 5.23. The van der Waals surface area contributed by atoms with Crippen LogP contribution in [0.5, 0.6) is 0 Å². The molecule has 0 amide bonds. The predicted octanol–water partition coefficient (Wildman–Crippen LogP) is 3.24. The Morgan fingerprint density at radius 2 is 1.89 bits per heavy atom. The number of esters is 1. The first-order chi connectivity index (χ1) is 9.20. The lowest BCUT2D eigenvalue weighted by Crippen LogP contribution is -2.26. The van der Waals surface area contributed by atoms with Crippen molar-refractivity contribution < 1.29 is 14.3 Å². The highest BCUT2D eigenvalue weighted by atomic mass is 16.5. The molecule has 0 unspecified atom stereocenters. The molecule has 1 saturated carbocycles. The van der Waals surface area contributed by atoms with Gasteiger partial charge < -0.3 is 9.47 Å². The molecule has 0 atom stereocenters. The Morgan fingerprint density at radius 3 is 2.53 bits per heavy atom. The summed E-state index contributed by atoms with van der Waals surface area (Å²) in [5, 5.41) is 0. The summed E-state index contributed by atoms with van der Waals surface area (Å²) in [5.41, 5.74) is 2.52. The molecule has 0 N–H and O–H groups in total. The number of aryl methyl sites for hydroxylation is 1. The van der Waals surface area contributed by atoms with Crippen molar-refractivity contribution in [3.63, 3.8) is 0 Å². The van der Waals surface area contributed by atoms with Gasteiger partial charge in [-0.05, 0) is 43.7 Å². The van der Waals surface area contributed by atoms with Crippen molar-refractivity contribution in [2.24, 2.45) is 5.92 Å². The van der Waals surface area contributed by atoms with Crippen LogP contribution < -0.4 is 0 Å². The first-order valence-electron chi connectivity index (χ1n) is 6.94. The highest BCUT2D eigenvalue weighted by Gasteiger charge is 2.27. The van der Waals surface area contributed by atoms with Crippen molar-refractivity contribution in [2.45, 2.75) is 45.3 Å². The molecule has 1 fully saturated rings. The van der Waals surface area contributed by atoms with Crippen LogP contribution in [-0.2, 0) is 20.9 Å². The van der Waals surface area contributed by atoms with Crippen molar-refractivity contribution in [2.75, 3.05) is 7.11 Å². The normalized spacial score (nSPS) is 23.1. The summed E-state index contributed by atoms with van der Waals surface area (Å²) in [7, 11) is 1.46. The first-order valence-corrected chi connectivity index (χ1v) is 6.94. The lowest BCUT2D eigenvalue weighted by molar-refractivity contribution is -0.147. The van der Waals surface area contributed by atoms with Gasteiger partial charge >= 0.3 is 5.97 Å². The third kappa shape index (κ3) is 3.80. The number of ether oxygens (including phenoxy) is 2. The van der Waals surface area contributed by atoms with E-state index >= 15 is 0 Å². The van der Waals surface area contributed by atoms with Crippen LogP contribution in [0.4, 0.5) is 0 Å². The van der Waals surface area contributed by atoms with E-state index in [4.69, 9.17) is 9.47 Å². The minimum atomic E-state index is -0.0719. The summed E-state index contributed by atoms with van der Waals surface area (Å²) < 4.78 is 10.7. The topological polar surface area (TPSA) is 35.5 Å². The first kappa shape index (κ1) is 14.1. The van der Waals surface area contributed by atoms with E-state index in [-0.39, 0.29) is 18.0 Å². The van der Waals surface area contributed by atoms with E-state index in [1.807, 2.05) is 12.1 Å². The van der Waals surface area contributed by atoms with Crippen LogP contribution >= 0.6 is 0 Å². The Hall–Kier alpha value is -1.35. The van der Waals surface area contributed by atoms with Gasteiger partial charge in [-0.1, -0.05) is 24.3 Å². The van der Waals surface area contributed by atoms with E-state index in [2.05, 4.69) is 19.1 Å². The molecule has 0 aliphatic heterocycles. The summed E-state index contributed by atoms with van der Waals surface area (Å²) in [4.78, 5) is 11.4. The highest BCUT2D eigenvalue weighted by molar-refractivity contribution is 5.72. The highest BCUT2D eigenvalue weighted by Crippen LogP contribution is 2.27. The number of hydrogen-bond acceptors (Lipinski definition) is 3. The molecule has 1 aromatic rings. The maximum absolute atomic E-state index is 11.4. The van der Waals surface area contributed by atoms with E-state index in [0.717, 1.165) is 25.7 Å². The zero-order valence-electron chi connectivity index (χ0n) is 11.7. The van der Waals surface area contributed by atoms with Crippen molar-refractivity contribution in [1.82, 2.24) is 0 Å². The molecule has 0 radical (unpaired) electrons. The van der Waals surface area contributed by atoms with Gasteiger partial charge in [-0.3, -0.25) is 4.79 Å². The van der Waals surface area contributed by atoms with Gasteiger partial charge in [0.25, 0.3) is 0 Å². The third-order valence-corrected chi connectivity index (χ3v) is 3.94. The Morgan fingerprint density at radius 1 is 1.21 bits per heavy atom. The van der Waals surface area contributed by atoms with Gasteiger partial charge in [0.2, 0.25) is 0 Å². The van der Waals surface area contributed by atoms with Crippen LogP contribution in [0, 0.1) is 12.8 Å². The molecule has 104 valence electrons. The van der Waals surface area contributed by atoms with Gasteiger partial charge in [0.15, 0.2) is 0 Å². The largest absolute Gasteiger partial charge is 0.469 e. The standard InChI is InChI=1S/C16H22O3/c1-12-5-3-4-6-14(12)11-19-15-9-7-13(8-10-15)16(17)18-2/h3-6,13,15H,7-11H2,1-2H3. The van der Waals surface area contributed by atoms with Crippen LogP contribution in [0.2, 0.25) is 0 Å². The van der Waals surface area contributed by atoms with Crippen molar-refractivity contribution in [3.05, 3.63) is 35.4 Å². The number of carbonyl (C=O) groups excluding carboxylic acids is 1. The molecule has 0 heterocycles. The van der Waals surface area contributed by atoms with Gasteiger partial charge in [0.1, 0.15) is 0 Å². The molecular weight excluding hydrogens is 240 g/mol. The van der Waals surface area contributed by atoms with Gasteiger partial charge in [-0.25, -0.2) is 0 Å². The van der Waals surface area contributed by atoms with Gasteiger partial charge in [-0.15, -0.1) is 0 Å². The molecule has 0 spiro atoms. The van der Waals surface area contributed by atoms with E-state index in [1.54, 1.807) is 0 Å². The van der Waals surface area contributed by atoms with E-state index in [1.165, 1.54) is 18.2 Å². The smallest absolute Gasteiger partial charge is 0.308 e. The van der Waals surface area contributed by atoms with E-state index in [0.29, 0.717) is 6.61 Å². The zero-order chi connectivity index (χ0) is 13.7. The molecule has 1 aliphatic carbocycles. The van der Waals surface area contributed by atoms with Crippen LogP contribution in [0.15, 0.2) is 24.3 Å². The summed E-state index contributed by atoms with van der Waals surface area (Å²) in [6, 6.07) is 8.29. The molecule has 1 aromatic carbocycles. The van der Waals surface area contributed by atoms with E-state index in [9.17, 15) is 4.79 Å². The quantitative estimate of drug-likeness (QED) is 0.781. The average Bonchev–Trinajstić information content (AvgIpc) is 2.46. The van der Waals surface area contributed by atoms with Crippen LogP contribution in [0.3, 0.4) is 0 Å².